The predicted octanol–water partition coefficient (Wildman–Crippen LogP) is 2.64. The molecule has 2 heterocycles. The summed E-state index contributed by atoms with van der Waals surface area (Å²) in [6.45, 7) is 8.49. The highest BCUT2D eigenvalue weighted by molar-refractivity contribution is 5.70. The minimum Gasteiger partial charge on any atom is -0.461 e. The molecular formula is C25H33N3O3. The molecule has 0 radical (unpaired) electrons. The number of anilines is 1. The number of rotatable bonds is 8. The van der Waals surface area contributed by atoms with Crippen LogP contribution in [0, 0.1) is 0 Å². The van der Waals surface area contributed by atoms with Gasteiger partial charge in [-0.1, -0.05) is 48.5 Å². The fourth-order valence-electron chi connectivity index (χ4n) is 4.37. The van der Waals surface area contributed by atoms with Gasteiger partial charge < -0.3 is 14.4 Å². The maximum atomic E-state index is 12.6. The molecule has 2 aliphatic heterocycles. The van der Waals surface area contributed by atoms with E-state index < -0.39 is 0 Å². The third-order valence-electron chi connectivity index (χ3n) is 6.17. The second kappa shape index (κ2) is 11.3. The summed E-state index contributed by atoms with van der Waals surface area (Å²) in [6, 6.07) is 20.6. The molecule has 6 heteroatoms. The van der Waals surface area contributed by atoms with Crippen LogP contribution in [-0.4, -0.2) is 80.8 Å². The zero-order valence-corrected chi connectivity index (χ0v) is 18.2. The van der Waals surface area contributed by atoms with Gasteiger partial charge in [0.2, 0.25) is 0 Å². The lowest BCUT2D eigenvalue weighted by atomic mass is 10.1. The molecule has 2 aliphatic rings. The van der Waals surface area contributed by atoms with Crippen molar-refractivity contribution in [3.63, 3.8) is 0 Å². The molecule has 2 fully saturated rings. The highest BCUT2D eigenvalue weighted by atomic mass is 16.5. The molecule has 4 rings (SSSR count). The molecule has 2 aromatic rings. The summed E-state index contributed by atoms with van der Waals surface area (Å²) in [7, 11) is 0. The molecule has 2 saturated heterocycles. The maximum absolute atomic E-state index is 12.6. The molecule has 0 saturated carbocycles. The van der Waals surface area contributed by atoms with E-state index in [0.717, 1.165) is 64.6 Å². The van der Waals surface area contributed by atoms with Gasteiger partial charge in [0.05, 0.1) is 19.6 Å². The number of para-hydroxylation sites is 1. The number of esters is 1. The van der Waals surface area contributed by atoms with E-state index in [1.165, 1.54) is 5.69 Å². The highest BCUT2D eigenvalue weighted by Gasteiger charge is 2.28. The van der Waals surface area contributed by atoms with E-state index >= 15 is 0 Å². The number of ether oxygens (including phenoxy) is 2. The van der Waals surface area contributed by atoms with E-state index in [1.54, 1.807) is 0 Å². The van der Waals surface area contributed by atoms with Crippen molar-refractivity contribution in [2.24, 2.45) is 0 Å². The van der Waals surface area contributed by atoms with E-state index in [4.69, 9.17) is 9.47 Å². The first-order valence-electron chi connectivity index (χ1n) is 11.3. The number of morpholine rings is 1. The maximum Gasteiger partial charge on any atom is 0.307 e. The standard InChI is InChI=1S/C25H33N3O3/c29-25(31-21-22-7-3-1-4-8-22)19-24(28-15-17-30-18-16-28)20-26-11-13-27(14-12-26)23-9-5-2-6-10-23/h1-10,24H,11-21H2. The second-order valence-corrected chi connectivity index (χ2v) is 8.28. The minimum atomic E-state index is -0.122. The average molecular weight is 424 g/mol. The minimum absolute atomic E-state index is 0.122. The number of benzene rings is 2. The van der Waals surface area contributed by atoms with Crippen LogP contribution in [0.25, 0.3) is 0 Å². The third kappa shape index (κ3) is 6.53. The van der Waals surface area contributed by atoms with Crippen molar-refractivity contribution in [3.8, 4) is 0 Å². The Bertz CT molecular complexity index is 788. The van der Waals surface area contributed by atoms with Gasteiger partial charge in [-0.25, -0.2) is 0 Å². The smallest absolute Gasteiger partial charge is 0.307 e. The first-order valence-corrected chi connectivity index (χ1v) is 11.3. The normalized spacial score (nSPS) is 19.2. The Hall–Kier alpha value is -2.41. The number of hydrogen-bond donors (Lipinski definition) is 0. The topological polar surface area (TPSA) is 45.3 Å². The van der Waals surface area contributed by atoms with Gasteiger partial charge in [-0.3, -0.25) is 14.6 Å². The van der Waals surface area contributed by atoms with Crippen LogP contribution in [0.4, 0.5) is 5.69 Å². The molecule has 0 spiro atoms. The highest BCUT2D eigenvalue weighted by Crippen LogP contribution is 2.17. The number of piperazine rings is 1. The molecule has 166 valence electrons. The lowest BCUT2D eigenvalue weighted by Gasteiger charge is -2.41. The molecule has 1 atom stereocenters. The average Bonchev–Trinajstić information content (AvgIpc) is 2.84. The molecule has 1 unspecified atom stereocenters. The summed E-state index contributed by atoms with van der Waals surface area (Å²) in [5.41, 5.74) is 2.31. The monoisotopic (exact) mass is 423 g/mol. The molecule has 6 nitrogen and oxygen atoms in total. The molecular weight excluding hydrogens is 390 g/mol. The van der Waals surface area contributed by atoms with Crippen molar-refractivity contribution in [2.75, 3.05) is 63.9 Å². The molecule has 0 N–H and O–H groups in total. The van der Waals surface area contributed by atoms with E-state index in [-0.39, 0.29) is 12.0 Å². The molecule has 0 bridgehead atoms. The fourth-order valence-corrected chi connectivity index (χ4v) is 4.37. The Morgan fingerprint density at radius 2 is 1.52 bits per heavy atom. The van der Waals surface area contributed by atoms with Gasteiger partial charge in [0.25, 0.3) is 0 Å². The van der Waals surface area contributed by atoms with Crippen LogP contribution >= 0.6 is 0 Å². The predicted molar refractivity (Wildman–Crippen MR) is 122 cm³/mol. The molecule has 2 aromatic carbocycles. The summed E-state index contributed by atoms with van der Waals surface area (Å²) in [6.07, 6.45) is 0.422. The summed E-state index contributed by atoms with van der Waals surface area (Å²) in [5, 5.41) is 0. The van der Waals surface area contributed by atoms with Crippen LogP contribution in [0.1, 0.15) is 12.0 Å². The zero-order chi connectivity index (χ0) is 21.3. The van der Waals surface area contributed by atoms with Gasteiger partial charge in [0.1, 0.15) is 6.61 Å². The molecule has 0 aliphatic carbocycles. The summed E-state index contributed by atoms with van der Waals surface area (Å²) in [4.78, 5) is 20.0. The number of carbonyl (C=O) groups is 1. The van der Waals surface area contributed by atoms with Crippen molar-refractivity contribution >= 4 is 11.7 Å². The third-order valence-corrected chi connectivity index (χ3v) is 6.17. The Morgan fingerprint density at radius 3 is 2.19 bits per heavy atom. The Labute approximate surface area is 185 Å². The van der Waals surface area contributed by atoms with Gasteiger partial charge in [0, 0.05) is 57.5 Å². The Balaban J connectivity index is 1.30. The fraction of sp³-hybridized carbons (Fsp3) is 0.480. The summed E-state index contributed by atoms with van der Waals surface area (Å²) >= 11 is 0. The first-order chi connectivity index (χ1) is 15.3. The van der Waals surface area contributed by atoms with Gasteiger partial charge >= 0.3 is 5.97 Å². The second-order valence-electron chi connectivity index (χ2n) is 8.28. The number of hydrogen-bond acceptors (Lipinski definition) is 6. The van der Waals surface area contributed by atoms with Crippen LogP contribution in [-0.2, 0) is 20.9 Å². The Morgan fingerprint density at radius 1 is 0.871 bits per heavy atom. The van der Waals surface area contributed by atoms with Crippen LogP contribution in [0.2, 0.25) is 0 Å². The number of carbonyl (C=O) groups excluding carboxylic acids is 1. The van der Waals surface area contributed by atoms with Crippen molar-refractivity contribution < 1.29 is 14.3 Å². The SMILES string of the molecule is O=C(CC(CN1CCN(c2ccccc2)CC1)N1CCOCC1)OCc1ccccc1. The quantitative estimate of drug-likeness (QED) is 0.609. The van der Waals surface area contributed by atoms with Gasteiger partial charge in [-0.15, -0.1) is 0 Å². The molecule has 0 aromatic heterocycles. The summed E-state index contributed by atoms with van der Waals surface area (Å²) < 4.78 is 11.1. The van der Waals surface area contributed by atoms with E-state index in [1.807, 2.05) is 30.3 Å². The lowest BCUT2D eigenvalue weighted by Crippen LogP contribution is -2.54. The van der Waals surface area contributed by atoms with Crippen molar-refractivity contribution in [3.05, 3.63) is 66.2 Å². The van der Waals surface area contributed by atoms with Crippen molar-refractivity contribution in [1.29, 1.82) is 0 Å². The van der Waals surface area contributed by atoms with E-state index in [2.05, 4.69) is 45.0 Å². The Kier molecular flexibility index (Phi) is 7.93. The van der Waals surface area contributed by atoms with Crippen molar-refractivity contribution in [1.82, 2.24) is 9.80 Å². The first kappa shape index (κ1) is 21.8. The van der Waals surface area contributed by atoms with Gasteiger partial charge in [-0.2, -0.15) is 0 Å². The largest absolute Gasteiger partial charge is 0.461 e. The van der Waals surface area contributed by atoms with Crippen LogP contribution < -0.4 is 4.90 Å². The van der Waals surface area contributed by atoms with Gasteiger partial charge in [0.15, 0.2) is 0 Å². The van der Waals surface area contributed by atoms with Crippen LogP contribution in [0.5, 0.6) is 0 Å². The van der Waals surface area contributed by atoms with Crippen LogP contribution in [0.3, 0.4) is 0 Å². The molecule has 0 amide bonds. The van der Waals surface area contributed by atoms with Crippen molar-refractivity contribution in [2.45, 2.75) is 19.1 Å². The van der Waals surface area contributed by atoms with Crippen LogP contribution in [0.15, 0.2) is 60.7 Å². The van der Waals surface area contributed by atoms with E-state index in [0.29, 0.717) is 13.0 Å². The molecule has 31 heavy (non-hydrogen) atoms. The summed E-state index contributed by atoms with van der Waals surface area (Å²) in [5.74, 6) is -0.122. The van der Waals surface area contributed by atoms with Gasteiger partial charge in [-0.05, 0) is 17.7 Å². The zero-order valence-electron chi connectivity index (χ0n) is 18.2. The lowest BCUT2D eigenvalue weighted by molar-refractivity contribution is -0.147. The number of nitrogens with zero attached hydrogens (tertiary/aromatic N) is 3. The van der Waals surface area contributed by atoms with E-state index in [9.17, 15) is 4.79 Å².